The molecule has 0 unspecified atom stereocenters. The monoisotopic (exact) mass is 326 g/mol. The van der Waals surface area contributed by atoms with Crippen LogP contribution in [0, 0.1) is 0 Å². The Kier molecular flexibility index (Phi) is 3.75. The number of rotatable bonds is 3. The zero-order chi connectivity index (χ0) is 14.0. The van der Waals surface area contributed by atoms with Gasteiger partial charge in [-0.05, 0) is 39.7 Å². The maximum Gasteiger partial charge on any atom is 0.326 e. The molecular formula is C12H11BrN2O4. The summed E-state index contributed by atoms with van der Waals surface area (Å²) in [5.41, 5.74) is 0.876. The molecule has 0 saturated carbocycles. The summed E-state index contributed by atoms with van der Waals surface area (Å²) in [6.07, 6.45) is 1.55. The first-order valence-corrected chi connectivity index (χ1v) is 6.10. The Morgan fingerprint density at radius 3 is 2.42 bits per heavy atom. The summed E-state index contributed by atoms with van der Waals surface area (Å²) in [6.45, 7) is 0. The number of hydrogen-bond acceptors (Lipinski definition) is 4. The van der Waals surface area contributed by atoms with Crippen LogP contribution in [0.4, 0.5) is 4.79 Å². The first kappa shape index (κ1) is 13.4. The van der Waals surface area contributed by atoms with Crippen molar-refractivity contribution >= 4 is 33.9 Å². The van der Waals surface area contributed by atoms with Crippen molar-refractivity contribution in [3.63, 3.8) is 0 Å². The highest BCUT2D eigenvalue weighted by atomic mass is 79.9. The fourth-order valence-electron chi connectivity index (χ4n) is 1.67. The average Bonchev–Trinajstić information content (AvgIpc) is 2.67. The molecule has 19 heavy (non-hydrogen) atoms. The van der Waals surface area contributed by atoms with Gasteiger partial charge in [0.25, 0.3) is 5.91 Å². The number of imide groups is 1. The van der Waals surface area contributed by atoms with Crippen molar-refractivity contribution in [1.29, 1.82) is 0 Å². The lowest BCUT2D eigenvalue weighted by atomic mass is 10.1. The van der Waals surface area contributed by atoms with Gasteiger partial charge in [-0.2, -0.15) is 0 Å². The van der Waals surface area contributed by atoms with E-state index in [4.69, 9.17) is 9.47 Å². The fourth-order valence-corrected chi connectivity index (χ4v) is 2.29. The molecule has 1 saturated heterocycles. The molecule has 0 radical (unpaired) electrons. The van der Waals surface area contributed by atoms with Crippen LogP contribution in [-0.2, 0) is 4.79 Å². The van der Waals surface area contributed by atoms with Gasteiger partial charge in [-0.15, -0.1) is 0 Å². The van der Waals surface area contributed by atoms with Gasteiger partial charge in [0.05, 0.1) is 18.7 Å². The van der Waals surface area contributed by atoms with Crippen molar-refractivity contribution in [3.05, 3.63) is 27.9 Å². The van der Waals surface area contributed by atoms with Gasteiger partial charge in [-0.3, -0.25) is 10.1 Å². The van der Waals surface area contributed by atoms with Crippen LogP contribution in [0.3, 0.4) is 0 Å². The minimum absolute atomic E-state index is 0.184. The molecule has 1 aromatic rings. The predicted molar refractivity (Wildman–Crippen MR) is 71.9 cm³/mol. The number of ether oxygens (including phenoxy) is 2. The lowest BCUT2D eigenvalue weighted by Crippen LogP contribution is -2.22. The lowest BCUT2D eigenvalue weighted by Gasteiger charge is -2.10. The van der Waals surface area contributed by atoms with Crippen LogP contribution >= 0.6 is 15.9 Å². The van der Waals surface area contributed by atoms with Crippen molar-refractivity contribution < 1.29 is 19.1 Å². The van der Waals surface area contributed by atoms with Gasteiger partial charge < -0.3 is 14.8 Å². The molecule has 1 heterocycles. The number of urea groups is 1. The molecule has 3 amide bonds. The Morgan fingerprint density at radius 2 is 1.89 bits per heavy atom. The zero-order valence-electron chi connectivity index (χ0n) is 10.2. The topological polar surface area (TPSA) is 76.7 Å². The van der Waals surface area contributed by atoms with Crippen molar-refractivity contribution in [2.24, 2.45) is 0 Å². The zero-order valence-corrected chi connectivity index (χ0v) is 11.8. The Balaban J connectivity index is 2.42. The number of amides is 3. The van der Waals surface area contributed by atoms with E-state index < -0.39 is 11.9 Å². The molecule has 6 nitrogen and oxygen atoms in total. The summed E-state index contributed by atoms with van der Waals surface area (Å²) in [6, 6.07) is 2.93. The first-order chi connectivity index (χ1) is 9.05. The normalized spacial score (nSPS) is 16.3. The average molecular weight is 327 g/mol. The van der Waals surface area contributed by atoms with Gasteiger partial charge in [-0.1, -0.05) is 0 Å². The van der Waals surface area contributed by atoms with Gasteiger partial charge in [0, 0.05) is 0 Å². The number of nitrogens with one attached hydrogen (secondary N) is 2. The Labute approximate surface area is 117 Å². The standard InChI is InChI=1S/C12H11BrN2O4/c1-18-9-5-6(3-7(13)10(9)19-2)4-8-11(16)15-12(17)14-8/h3-5H,1-2H3,(H2,14,15,16,17). The molecular weight excluding hydrogens is 316 g/mol. The number of benzene rings is 1. The summed E-state index contributed by atoms with van der Waals surface area (Å²) in [7, 11) is 3.05. The van der Waals surface area contributed by atoms with Crippen LogP contribution < -0.4 is 20.1 Å². The SMILES string of the molecule is COc1cc(C=C2NC(=O)NC2=O)cc(Br)c1OC. The molecule has 1 aromatic carbocycles. The largest absolute Gasteiger partial charge is 0.493 e. The summed E-state index contributed by atoms with van der Waals surface area (Å²) in [5, 5.41) is 4.54. The summed E-state index contributed by atoms with van der Waals surface area (Å²) < 4.78 is 11.1. The smallest absolute Gasteiger partial charge is 0.326 e. The minimum Gasteiger partial charge on any atom is -0.493 e. The van der Waals surface area contributed by atoms with Crippen LogP contribution in [0.25, 0.3) is 6.08 Å². The summed E-state index contributed by atoms with van der Waals surface area (Å²) in [4.78, 5) is 22.4. The highest BCUT2D eigenvalue weighted by molar-refractivity contribution is 9.10. The van der Waals surface area contributed by atoms with Gasteiger partial charge >= 0.3 is 6.03 Å². The van der Waals surface area contributed by atoms with Crippen molar-refractivity contribution in [1.82, 2.24) is 10.6 Å². The second-order valence-electron chi connectivity index (χ2n) is 3.70. The maximum absolute atomic E-state index is 11.4. The van der Waals surface area contributed by atoms with Gasteiger partial charge in [-0.25, -0.2) is 4.79 Å². The highest BCUT2D eigenvalue weighted by Crippen LogP contribution is 2.36. The quantitative estimate of drug-likeness (QED) is 0.654. The minimum atomic E-state index is -0.532. The van der Waals surface area contributed by atoms with Crippen LogP contribution in [-0.4, -0.2) is 26.2 Å². The molecule has 2 N–H and O–H groups in total. The molecule has 0 bridgehead atoms. The van der Waals surface area contributed by atoms with Crippen molar-refractivity contribution in [2.75, 3.05) is 14.2 Å². The first-order valence-electron chi connectivity index (χ1n) is 5.30. The second kappa shape index (κ2) is 5.31. The second-order valence-corrected chi connectivity index (χ2v) is 4.56. The Hall–Kier alpha value is -2.02. The molecule has 1 aliphatic rings. The van der Waals surface area contributed by atoms with E-state index in [1.807, 2.05) is 0 Å². The third-order valence-electron chi connectivity index (χ3n) is 2.49. The number of methoxy groups -OCH3 is 2. The maximum atomic E-state index is 11.4. The lowest BCUT2D eigenvalue weighted by molar-refractivity contribution is -0.115. The van der Waals surface area contributed by atoms with Gasteiger partial charge in [0.15, 0.2) is 11.5 Å². The third kappa shape index (κ3) is 2.70. The molecule has 100 valence electrons. The molecule has 2 rings (SSSR count). The fraction of sp³-hybridized carbons (Fsp3) is 0.167. The van der Waals surface area contributed by atoms with E-state index in [0.717, 1.165) is 0 Å². The van der Waals surface area contributed by atoms with E-state index in [2.05, 4.69) is 26.6 Å². The van der Waals surface area contributed by atoms with Gasteiger partial charge in [0.1, 0.15) is 5.70 Å². The molecule has 1 fully saturated rings. The number of carbonyl (C=O) groups is 2. The van der Waals surface area contributed by atoms with E-state index >= 15 is 0 Å². The molecule has 0 aliphatic carbocycles. The van der Waals surface area contributed by atoms with E-state index in [0.29, 0.717) is 21.5 Å². The molecule has 7 heteroatoms. The Bertz CT molecular complexity index is 583. The van der Waals surface area contributed by atoms with Gasteiger partial charge in [0.2, 0.25) is 0 Å². The molecule has 0 spiro atoms. The molecule has 1 aliphatic heterocycles. The van der Waals surface area contributed by atoms with E-state index in [1.165, 1.54) is 14.2 Å². The van der Waals surface area contributed by atoms with Crippen molar-refractivity contribution in [2.45, 2.75) is 0 Å². The third-order valence-corrected chi connectivity index (χ3v) is 3.08. The summed E-state index contributed by atoms with van der Waals surface area (Å²) in [5.74, 6) is 0.619. The van der Waals surface area contributed by atoms with Crippen LogP contribution in [0.2, 0.25) is 0 Å². The predicted octanol–water partition coefficient (Wildman–Crippen LogP) is 1.65. The highest BCUT2D eigenvalue weighted by Gasteiger charge is 2.23. The van der Waals surface area contributed by atoms with E-state index in [9.17, 15) is 9.59 Å². The number of halogens is 1. The van der Waals surface area contributed by atoms with Crippen LogP contribution in [0.1, 0.15) is 5.56 Å². The number of hydrogen-bond donors (Lipinski definition) is 2. The summed E-state index contributed by atoms with van der Waals surface area (Å²) >= 11 is 3.35. The van der Waals surface area contributed by atoms with E-state index in [-0.39, 0.29) is 5.70 Å². The van der Waals surface area contributed by atoms with Crippen LogP contribution in [0.15, 0.2) is 22.3 Å². The molecule has 0 aromatic heterocycles. The Morgan fingerprint density at radius 1 is 1.16 bits per heavy atom. The van der Waals surface area contributed by atoms with Crippen molar-refractivity contribution in [3.8, 4) is 11.5 Å². The van der Waals surface area contributed by atoms with E-state index in [1.54, 1.807) is 18.2 Å². The number of carbonyl (C=O) groups excluding carboxylic acids is 2. The molecule has 0 atom stereocenters. The van der Waals surface area contributed by atoms with Crippen LogP contribution in [0.5, 0.6) is 11.5 Å².